The molecule has 0 atom stereocenters. The Kier molecular flexibility index (Phi) is 4.42. The minimum Gasteiger partial charge on any atom is -0.487 e. The predicted octanol–water partition coefficient (Wildman–Crippen LogP) is 4.31. The third-order valence-corrected chi connectivity index (χ3v) is 3.80. The smallest absolute Gasteiger partial charge is 0.142 e. The lowest BCUT2D eigenvalue weighted by Gasteiger charge is -2.14. The molecule has 0 aromatic heterocycles. The highest BCUT2D eigenvalue weighted by Gasteiger charge is 2.21. The van der Waals surface area contributed by atoms with Crippen LogP contribution >= 0.6 is 11.6 Å². The molecule has 2 aromatic carbocycles. The van der Waals surface area contributed by atoms with E-state index < -0.39 is 0 Å². The Morgan fingerprint density at radius 2 is 1.90 bits per heavy atom. The molecule has 110 valence electrons. The van der Waals surface area contributed by atoms with Gasteiger partial charge in [-0.2, -0.15) is 0 Å². The molecule has 0 saturated heterocycles. The van der Waals surface area contributed by atoms with Crippen LogP contribution in [0.5, 0.6) is 5.75 Å². The van der Waals surface area contributed by atoms with Crippen LogP contribution in [0.15, 0.2) is 42.5 Å². The van der Waals surface area contributed by atoms with Gasteiger partial charge >= 0.3 is 0 Å². The van der Waals surface area contributed by atoms with Crippen LogP contribution in [0.25, 0.3) is 0 Å². The number of rotatable bonds is 6. The predicted molar refractivity (Wildman–Crippen MR) is 82.0 cm³/mol. The second-order valence-electron chi connectivity index (χ2n) is 5.30. The van der Waals surface area contributed by atoms with Crippen molar-refractivity contribution in [3.8, 4) is 5.75 Å². The summed E-state index contributed by atoms with van der Waals surface area (Å²) in [4.78, 5) is 0. The molecule has 2 aromatic rings. The molecule has 2 nitrogen and oxygen atoms in total. The summed E-state index contributed by atoms with van der Waals surface area (Å²) in [6.45, 7) is 1.13. The minimum absolute atomic E-state index is 0.245. The number of hydrogen-bond donors (Lipinski definition) is 1. The van der Waals surface area contributed by atoms with Crippen molar-refractivity contribution in [2.24, 2.45) is 0 Å². The monoisotopic (exact) mass is 305 g/mol. The van der Waals surface area contributed by atoms with E-state index in [1.807, 2.05) is 18.2 Å². The lowest BCUT2D eigenvalue weighted by molar-refractivity contribution is 0.302. The van der Waals surface area contributed by atoms with Gasteiger partial charge in [-0.1, -0.05) is 35.9 Å². The minimum atomic E-state index is -0.245. The molecular weight excluding hydrogens is 289 g/mol. The molecular formula is C17H17ClFNO. The van der Waals surface area contributed by atoms with Crippen LogP contribution in [0.3, 0.4) is 0 Å². The van der Waals surface area contributed by atoms with E-state index in [9.17, 15) is 4.39 Å². The van der Waals surface area contributed by atoms with Crippen molar-refractivity contribution in [3.05, 3.63) is 64.4 Å². The molecule has 1 fully saturated rings. The van der Waals surface area contributed by atoms with E-state index in [4.69, 9.17) is 16.3 Å². The van der Waals surface area contributed by atoms with Gasteiger partial charge in [-0.25, -0.2) is 4.39 Å². The molecule has 0 bridgehead atoms. The van der Waals surface area contributed by atoms with Gasteiger partial charge in [0.25, 0.3) is 0 Å². The molecule has 1 aliphatic carbocycles. The van der Waals surface area contributed by atoms with E-state index in [-0.39, 0.29) is 5.82 Å². The number of hydrogen-bond acceptors (Lipinski definition) is 2. The van der Waals surface area contributed by atoms with Crippen molar-refractivity contribution in [2.45, 2.75) is 32.0 Å². The van der Waals surface area contributed by atoms with Gasteiger partial charge in [-0.3, -0.25) is 0 Å². The van der Waals surface area contributed by atoms with Gasteiger partial charge in [0.1, 0.15) is 18.2 Å². The summed E-state index contributed by atoms with van der Waals surface area (Å²) >= 11 is 6.24. The Morgan fingerprint density at radius 1 is 1.14 bits per heavy atom. The van der Waals surface area contributed by atoms with Crippen LogP contribution in [0.2, 0.25) is 5.02 Å². The molecule has 0 radical (unpaired) electrons. The van der Waals surface area contributed by atoms with Gasteiger partial charge in [0.05, 0.1) is 5.02 Å². The highest BCUT2D eigenvalue weighted by molar-refractivity contribution is 6.32. The number of ether oxygens (including phenoxy) is 1. The van der Waals surface area contributed by atoms with Crippen LogP contribution in [-0.4, -0.2) is 6.04 Å². The fraction of sp³-hybridized carbons (Fsp3) is 0.294. The largest absolute Gasteiger partial charge is 0.487 e. The number of halogens is 2. The zero-order valence-electron chi connectivity index (χ0n) is 11.6. The SMILES string of the molecule is Fc1ccc(COc2c(Cl)cccc2CNC2CC2)cc1. The van der Waals surface area contributed by atoms with Crippen molar-refractivity contribution >= 4 is 11.6 Å². The number of nitrogens with one attached hydrogen (secondary N) is 1. The maximum absolute atomic E-state index is 12.9. The first-order valence-electron chi connectivity index (χ1n) is 7.10. The first kappa shape index (κ1) is 14.4. The zero-order chi connectivity index (χ0) is 14.7. The number of benzene rings is 2. The van der Waals surface area contributed by atoms with Crippen LogP contribution in [0, 0.1) is 5.82 Å². The second kappa shape index (κ2) is 6.46. The van der Waals surface area contributed by atoms with Crippen LogP contribution < -0.4 is 10.1 Å². The van der Waals surface area contributed by atoms with Crippen LogP contribution in [0.4, 0.5) is 4.39 Å². The molecule has 0 amide bonds. The van der Waals surface area contributed by atoms with Gasteiger partial charge < -0.3 is 10.1 Å². The van der Waals surface area contributed by atoms with Crippen molar-refractivity contribution in [1.29, 1.82) is 0 Å². The molecule has 3 rings (SSSR count). The molecule has 0 heterocycles. The molecule has 0 unspecified atom stereocenters. The van der Waals surface area contributed by atoms with E-state index in [0.717, 1.165) is 17.7 Å². The van der Waals surface area contributed by atoms with Crippen LogP contribution in [0.1, 0.15) is 24.0 Å². The lowest BCUT2D eigenvalue weighted by atomic mass is 10.2. The standard InChI is InChI=1S/C17H17ClFNO/c18-16-3-1-2-13(10-20-15-8-9-15)17(16)21-11-12-4-6-14(19)7-5-12/h1-7,15,20H,8-11H2. The average Bonchev–Trinajstić information content (AvgIpc) is 3.30. The second-order valence-corrected chi connectivity index (χ2v) is 5.71. The highest BCUT2D eigenvalue weighted by atomic mass is 35.5. The van der Waals surface area contributed by atoms with E-state index in [0.29, 0.717) is 23.4 Å². The Hall–Kier alpha value is -1.58. The first-order valence-corrected chi connectivity index (χ1v) is 7.48. The molecule has 1 N–H and O–H groups in total. The molecule has 4 heteroatoms. The molecule has 1 aliphatic rings. The lowest BCUT2D eigenvalue weighted by Crippen LogP contribution is -2.16. The van der Waals surface area contributed by atoms with Crippen LogP contribution in [-0.2, 0) is 13.2 Å². The molecule has 21 heavy (non-hydrogen) atoms. The fourth-order valence-corrected chi connectivity index (χ4v) is 2.38. The quantitative estimate of drug-likeness (QED) is 0.858. The van der Waals surface area contributed by atoms with Gasteiger partial charge in [-0.15, -0.1) is 0 Å². The van der Waals surface area contributed by atoms with E-state index in [2.05, 4.69) is 5.32 Å². The molecule has 0 aliphatic heterocycles. The summed E-state index contributed by atoms with van der Waals surface area (Å²) in [6, 6.07) is 12.7. The third-order valence-electron chi connectivity index (χ3n) is 3.50. The topological polar surface area (TPSA) is 21.3 Å². The molecule has 0 spiro atoms. The maximum Gasteiger partial charge on any atom is 0.142 e. The van der Waals surface area contributed by atoms with Crippen molar-refractivity contribution in [2.75, 3.05) is 0 Å². The highest BCUT2D eigenvalue weighted by Crippen LogP contribution is 2.30. The fourth-order valence-electron chi connectivity index (χ4n) is 2.13. The normalized spacial score (nSPS) is 14.2. The Bertz CT molecular complexity index is 611. The van der Waals surface area contributed by atoms with Gasteiger partial charge in [0, 0.05) is 18.2 Å². The Morgan fingerprint density at radius 3 is 2.62 bits per heavy atom. The van der Waals surface area contributed by atoms with E-state index in [1.54, 1.807) is 12.1 Å². The summed E-state index contributed by atoms with van der Waals surface area (Å²) in [5.74, 6) is 0.461. The maximum atomic E-state index is 12.9. The summed E-state index contributed by atoms with van der Waals surface area (Å²) in [6.07, 6.45) is 2.48. The summed E-state index contributed by atoms with van der Waals surface area (Å²) in [5, 5.41) is 4.06. The number of para-hydroxylation sites is 1. The van der Waals surface area contributed by atoms with Gasteiger partial charge in [0.15, 0.2) is 0 Å². The van der Waals surface area contributed by atoms with Crippen molar-refractivity contribution < 1.29 is 9.13 Å². The van der Waals surface area contributed by atoms with Crippen molar-refractivity contribution in [3.63, 3.8) is 0 Å². The Balaban J connectivity index is 1.69. The van der Waals surface area contributed by atoms with Crippen molar-refractivity contribution in [1.82, 2.24) is 5.32 Å². The summed E-state index contributed by atoms with van der Waals surface area (Å²) in [5.41, 5.74) is 1.97. The van der Waals surface area contributed by atoms with E-state index in [1.165, 1.54) is 25.0 Å². The first-order chi connectivity index (χ1) is 10.2. The average molecular weight is 306 g/mol. The summed E-state index contributed by atoms with van der Waals surface area (Å²) in [7, 11) is 0. The van der Waals surface area contributed by atoms with Gasteiger partial charge in [0.2, 0.25) is 0 Å². The Labute approximate surface area is 128 Å². The third kappa shape index (κ3) is 3.96. The van der Waals surface area contributed by atoms with E-state index >= 15 is 0 Å². The van der Waals surface area contributed by atoms with Gasteiger partial charge in [-0.05, 0) is 36.6 Å². The zero-order valence-corrected chi connectivity index (χ0v) is 12.4. The molecule has 1 saturated carbocycles. The summed E-state index contributed by atoms with van der Waals surface area (Å²) < 4.78 is 18.7.